The fourth-order valence-electron chi connectivity index (χ4n) is 1.73. The number of pyridine rings is 1. The van der Waals surface area contributed by atoms with E-state index in [-0.39, 0.29) is 0 Å². The molecule has 0 amide bonds. The Morgan fingerprint density at radius 2 is 2.00 bits per heavy atom. The quantitative estimate of drug-likeness (QED) is 0.880. The largest absolute Gasteiger partial charge is 0.497 e. The van der Waals surface area contributed by atoms with Gasteiger partial charge in [0.15, 0.2) is 0 Å². The lowest BCUT2D eigenvalue weighted by Gasteiger charge is -2.09. The highest BCUT2D eigenvalue weighted by Crippen LogP contribution is 2.30. The number of benzene rings is 1. The van der Waals surface area contributed by atoms with Crippen molar-refractivity contribution in [2.24, 2.45) is 0 Å². The van der Waals surface area contributed by atoms with Crippen LogP contribution in [0.2, 0.25) is 0 Å². The number of anilines is 1. The molecular formula is C13H16N2O2. The van der Waals surface area contributed by atoms with Crippen LogP contribution in [0.4, 0.5) is 5.82 Å². The zero-order valence-corrected chi connectivity index (χ0v) is 10.3. The van der Waals surface area contributed by atoms with Crippen LogP contribution in [0.5, 0.6) is 11.5 Å². The third kappa shape index (κ3) is 2.25. The summed E-state index contributed by atoms with van der Waals surface area (Å²) in [5.41, 5.74) is 0.840. The van der Waals surface area contributed by atoms with Crippen molar-refractivity contribution in [3.63, 3.8) is 0 Å². The second-order valence-corrected chi connectivity index (χ2v) is 3.63. The maximum atomic E-state index is 5.33. The van der Waals surface area contributed by atoms with E-state index in [4.69, 9.17) is 9.47 Å². The Labute approximate surface area is 101 Å². The predicted molar refractivity (Wildman–Crippen MR) is 69.0 cm³/mol. The van der Waals surface area contributed by atoms with E-state index < -0.39 is 0 Å². The number of hydrogen-bond acceptors (Lipinski definition) is 4. The molecule has 0 spiro atoms. The summed E-state index contributed by atoms with van der Waals surface area (Å²) in [5, 5.41) is 4.18. The third-order valence-electron chi connectivity index (χ3n) is 2.54. The number of fused-ring (bicyclic) bond motifs is 1. The van der Waals surface area contributed by atoms with E-state index in [1.165, 1.54) is 0 Å². The average Bonchev–Trinajstić information content (AvgIpc) is 2.37. The first kappa shape index (κ1) is 11.5. The van der Waals surface area contributed by atoms with Crippen molar-refractivity contribution in [1.82, 2.24) is 4.98 Å². The molecule has 0 atom stereocenters. The van der Waals surface area contributed by atoms with Crippen LogP contribution in [0.3, 0.4) is 0 Å². The summed E-state index contributed by atoms with van der Waals surface area (Å²) in [6.45, 7) is 2.88. The summed E-state index contributed by atoms with van der Waals surface area (Å²) < 4.78 is 10.6. The highest BCUT2D eigenvalue weighted by atomic mass is 16.5. The zero-order valence-electron chi connectivity index (χ0n) is 10.3. The maximum absolute atomic E-state index is 5.33. The molecule has 1 N–H and O–H groups in total. The van der Waals surface area contributed by atoms with Gasteiger partial charge in [-0.1, -0.05) is 0 Å². The van der Waals surface area contributed by atoms with Gasteiger partial charge in [-0.05, 0) is 25.1 Å². The molecule has 1 aromatic carbocycles. The van der Waals surface area contributed by atoms with Crippen LogP contribution in [0.25, 0.3) is 10.9 Å². The Morgan fingerprint density at radius 1 is 1.18 bits per heavy atom. The first-order valence-electron chi connectivity index (χ1n) is 5.55. The number of methoxy groups -OCH3 is 2. The highest BCUT2D eigenvalue weighted by molar-refractivity contribution is 5.87. The Balaban J connectivity index is 2.59. The molecule has 0 aliphatic carbocycles. The molecule has 2 rings (SSSR count). The van der Waals surface area contributed by atoms with E-state index in [0.29, 0.717) is 0 Å². The van der Waals surface area contributed by atoms with Crippen LogP contribution in [0.15, 0.2) is 24.3 Å². The number of aromatic nitrogens is 1. The lowest BCUT2D eigenvalue weighted by atomic mass is 10.2. The van der Waals surface area contributed by atoms with Crippen molar-refractivity contribution >= 4 is 16.7 Å². The molecule has 0 aliphatic rings. The summed E-state index contributed by atoms with van der Waals surface area (Å²) in [5.74, 6) is 2.34. The van der Waals surface area contributed by atoms with Gasteiger partial charge in [-0.3, -0.25) is 0 Å². The van der Waals surface area contributed by atoms with Crippen molar-refractivity contribution in [3.8, 4) is 11.5 Å². The summed E-state index contributed by atoms with van der Waals surface area (Å²) >= 11 is 0. The minimum atomic E-state index is 0.721. The van der Waals surface area contributed by atoms with Crippen LogP contribution in [-0.2, 0) is 0 Å². The number of hydrogen-bond donors (Lipinski definition) is 1. The summed E-state index contributed by atoms with van der Waals surface area (Å²) in [6.07, 6.45) is 0. The van der Waals surface area contributed by atoms with E-state index in [1.807, 2.05) is 31.2 Å². The molecule has 17 heavy (non-hydrogen) atoms. The topological polar surface area (TPSA) is 43.4 Å². The number of rotatable bonds is 4. The second kappa shape index (κ2) is 4.91. The molecule has 0 saturated carbocycles. The van der Waals surface area contributed by atoms with Gasteiger partial charge in [0.2, 0.25) is 0 Å². The Hall–Kier alpha value is -1.97. The summed E-state index contributed by atoms with van der Waals surface area (Å²) in [4.78, 5) is 4.52. The van der Waals surface area contributed by atoms with Gasteiger partial charge in [0.05, 0.1) is 14.2 Å². The molecule has 0 radical (unpaired) electrons. The summed E-state index contributed by atoms with van der Waals surface area (Å²) in [7, 11) is 3.27. The molecule has 90 valence electrons. The molecule has 2 aromatic rings. The molecule has 0 fully saturated rings. The van der Waals surface area contributed by atoms with Crippen molar-refractivity contribution in [1.29, 1.82) is 0 Å². The van der Waals surface area contributed by atoms with Gasteiger partial charge in [-0.15, -0.1) is 0 Å². The number of nitrogens with one attached hydrogen (secondary N) is 1. The lowest BCUT2D eigenvalue weighted by Crippen LogP contribution is -1.99. The van der Waals surface area contributed by atoms with Crippen molar-refractivity contribution in [2.45, 2.75) is 6.92 Å². The van der Waals surface area contributed by atoms with E-state index in [2.05, 4.69) is 10.3 Å². The predicted octanol–water partition coefficient (Wildman–Crippen LogP) is 2.68. The fourth-order valence-corrected chi connectivity index (χ4v) is 1.73. The SMILES string of the molecule is CCNc1ccc2cc(OC)cc(OC)c2n1. The van der Waals surface area contributed by atoms with Gasteiger partial charge in [-0.2, -0.15) is 0 Å². The van der Waals surface area contributed by atoms with Crippen molar-refractivity contribution in [2.75, 3.05) is 26.1 Å². The van der Waals surface area contributed by atoms with Gasteiger partial charge in [0, 0.05) is 18.0 Å². The van der Waals surface area contributed by atoms with Gasteiger partial charge in [-0.25, -0.2) is 4.98 Å². The molecule has 4 nitrogen and oxygen atoms in total. The van der Waals surface area contributed by atoms with Crippen molar-refractivity contribution < 1.29 is 9.47 Å². The van der Waals surface area contributed by atoms with Gasteiger partial charge >= 0.3 is 0 Å². The smallest absolute Gasteiger partial charge is 0.148 e. The lowest BCUT2D eigenvalue weighted by molar-refractivity contribution is 0.397. The number of ether oxygens (including phenoxy) is 2. The molecule has 0 bridgehead atoms. The zero-order chi connectivity index (χ0) is 12.3. The Morgan fingerprint density at radius 3 is 2.65 bits per heavy atom. The first-order chi connectivity index (χ1) is 8.28. The third-order valence-corrected chi connectivity index (χ3v) is 2.54. The van der Waals surface area contributed by atoms with E-state index >= 15 is 0 Å². The van der Waals surface area contributed by atoms with E-state index in [9.17, 15) is 0 Å². The molecule has 0 unspecified atom stereocenters. The molecule has 4 heteroatoms. The molecule has 1 heterocycles. The monoisotopic (exact) mass is 232 g/mol. The van der Waals surface area contributed by atoms with Crippen LogP contribution in [-0.4, -0.2) is 25.7 Å². The first-order valence-corrected chi connectivity index (χ1v) is 5.55. The minimum absolute atomic E-state index is 0.721. The molecule has 1 aromatic heterocycles. The van der Waals surface area contributed by atoms with Crippen LogP contribution in [0.1, 0.15) is 6.92 Å². The Kier molecular flexibility index (Phi) is 3.32. The standard InChI is InChI=1S/C13H16N2O2/c1-4-14-12-6-5-9-7-10(16-2)8-11(17-3)13(9)15-12/h5-8H,4H2,1-3H3,(H,14,15). The van der Waals surface area contributed by atoms with Crippen LogP contribution >= 0.6 is 0 Å². The summed E-state index contributed by atoms with van der Waals surface area (Å²) in [6, 6.07) is 7.74. The van der Waals surface area contributed by atoms with Gasteiger partial charge in [0.1, 0.15) is 22.8 Å². The van der Waals surface area contributed by atoms with Crippen molar-refractivity contribution in [3.05, 3.63) is 24.3 Å². The van der Waals surface area contributed by atoms with Crippen LogP contribution in [0, 0.1) is 0 Å². The second-order valence-electron chi connectivity index (χ2n) is 3.63. The maximum Gasteiger partial charge on any atom is 0.148 e. The average molecular weight is 232 g/mol. The number of nitrogens with zero attached hydrogens (tertiary/aromatic N) is 1. The fraction of sp³-hybridized carbons (Fsp3) is 0.308. The van der Waals surface area contributed by atoms with E-state index in [0.717, 1.165) is 34.8 Å². The molecule has 0 aliphatic heterocycles. The molecular weight excluding hydrogens is 216 g/mol. The van der Waals surface area contributed by atoms with E-state index in [1.54, 1.807) is 14.2 Å². The van der Waals surface area contributed by atoms with Crippen LogP contribution < -0.4 is 14.8 Å². The van der Waals surface area contributed by atoms with Gasteiger partial charge in [0.25, 0.3) is 0 Å². The Bertz CT molecular complexity index is 526. The highest BCUT2D eigenvalue weighted by Gasteiger charge is 2.07. The normalized spacial score (nSPS) is 10.3. The van der Waals surface area contributed by atoms with Gasteiger partial charge < -0.3 is 14.8 Å². The molecule has 0 saturated heterocycles. The minimum Gasteiger partial charge on any atom is -0.497 e.